The zero-order valence-corrected chi connectivity index (χ0v) is 9.33. The summed E-state index contributed by atoms with van der Waals surface area (Å²) in [5, 5.41) is 4.89. The summed E-state index contributed by atoms with van der Waals surface area (Å²) >= 11 is 0. The van der Waals surface area contributed by atoms with Crippen molar-refractivity contribution in [2.24, 2.45) is 0 Å². The van der Waals surface area contributed by atoms with Crippen LogP contribution in [0.4, 0.5) is 5.69 Å². The molecule has 1 rings (SSSR count). The maximum atomic E-state index is 11.6. The Morgan fingerprint density at radius 2 is 2.06 bits per heavy atom. The van der Waals surface area contributed by atoms with Crippen LogP contribution in [0.2, 0.25) is 0 Å². The van der Waals surface area contributed by atoms with Gasteiger partial charge in [-0.1, -0.05) is 6.07 Å². The Bertz CT molecular complexity index is 416. The highest BCUT2D eigenvalue weighted by Crippen LogP contribution is 2.13. The van der Waals surface area contributed by atoms with Gasteiger partial charge in [-0.2, -0.15) is 0 Å². The molecule has 0 saturated carbocycles. The van der Waals surface area contributed by atoms with Crippen molar-refractivity contribution < 1.29 is 9.59 Å². The standard InChI is InChI=1S/C11H15N3O2/c1-7-3-4-8(9(12)5-7)11(16)14-6-10(15)13-2/h3-5H,6,12H2,1-2H3,(H,13,15)(H,14,16). The molecular weight excluding hydrogens is 206 g/mol. The van der Waals surface area contributed by atoms with E-state index in [1.165, 1.54) is 7.05 Å². The van der Waals surface area contributed by atoms with Crippen LogP contribution in [0, 0.1) is 6.92 Å². The van der Waals surface area contributed by atoms with Gasteiger partial charge in [0.15, 0.2) is 0 Å². The third-order valence-corrected chi connectivity index (χ3v) is 2.14. The predicted octanol–water partition coefficient (Wildman–Crippen LogP) is 0.0530. The number of nitrogens with one attached hydrogen (secondary N) is 2. The molecule has 1 aromatic carbocycles. The van der Waals surface area contributed by atoms with E-state index in [0.29, 0.717) is 11.3 Å². The minimum absolute atomic E-state index is 0.0529. The fraction of sp³-hybridized carbons (Fsp3) is 0.273. The Morgan fingerprint density at radius 3 is 2.62 bits per heavy atom. The molecule has 16 heavy (non-hydrogen) atoms. The number of amides is 2. The lowest BCUT2D eigenvalue weighted by molar-refractivity contribution is -0.119. The summed E-state index contributed by atoms with van der Waals surface area (Å²) < 4.78 is 0. The maximum Gasteiger partial charge on any atom is 0.253 e. The number of rotatable bonds is 3. The van der Waals surface area contributed by atoms with Gasteiger partial charge in [0.05, 0.1) is 12.1 Å². The van der Waals surface area contributed by atoms with Gasteiger partial charge in [0.1, 0.15) is 0 Å². The third kappa shape index (κ3) is 2.98. The molecule has 1 aromatic rings. The Morgan fingerprint density at radius 1 is 1.38 bits per heavy atom. The highest BCUT2D eigenvalue weighted by atomic mass is 16.2. The average molecular weight is 221 g/mol. The molecule has 0 aromatic heterocycles. The van der Waals surface area contributed by atoms with Crippen LogP contribution in [0.3, 0.4) is 0 Å². The van der Waals surface area contributed by atoms with Gasteiger partial charge in [-0.05, 0) is 24.6 Å². The Hall–Kier alpha value is -2.04. The smallest absolute Gasteiger partial charge is 0.253 e. The van der Waals surface area contributed by atoms with E-state index in [4.69, 9.17) is 5.73 Å². The Kier molecular flexibility index (Phi) is 3.88. The molecule has 86 valence electrons. The van der Waals surface area contributed by atoms with Crippen LogP contribution in [-0.2, 0) is 4.79 Å². The minimum Gasteiger partial charge on any atom is -0.398 e. The molecule has 0 radical (unpaired) electrons. The molecule has 5 nitrogen and oxygen atoms in total. The van der Waals surface area contributed by atoms with Gasteiger partial charge < -0.3 is 16.4 Å². The summed E-state index contributed by atoms with van der Waals surface area (Å²) in [6.07, 6.45) is 0. The van der Waals surface area contributed by atoms with Gasteiger partial charge in [0, 0.05) is 12.7 Å². The summed E-state index contributed by atoms with van der Waals surface area (Å²) in [4.78, 5) is 22.6. The van der Waals surface area contributed by atoms with Crippen LogP contribution in [0.15, 0.2) is 18.2 Å². The van der Waals surface area contributed by atoms with Crippen LogP contribution in [0.5, 0.6) is 0 Å². The second-order valence-electron chi connectivity index (χ2n) is 3.45. The molecular formula is C11H15N3O2. The summed E-state index contributed by atoms with van der Waals surface area (Å²) in [6, 6.07) is 5.16. The second-order valence-corrected chi connectivity index (χ2v) is 3.45. The van der Waals surface area contributed by atoms with Crippen LogP contribution in [0.1, 0.15) is 15.9 Å². The van der Waals surface area contributed by atoms with E-state index in [1.54, 1.807) is 18.2 Å². The van der Waals surface area contributed by atoms with Gasteiger partial charge in [-0.3, -0.25) is 9.59 Å². The number of hydrogen-bond donors (Lipinski definition) is 3. The topological polar surface area (TPSA) is 84.2 Å². The number of anilines is 1. The maximum absolute atomic E-state index is 11.6. The minimum atomic E-state index is -0.346. The van der Waals surface area contributed by atoms with Gasteiger partial charge in [-0.25, -0.2) is 0 Å². The Labute approximate surface area is 94.0 Å². The number of nitrogens with two attached hydrogens (primary N) is 1. The number of benzene rings is 1. The Balaban J connectivity index is 2.70. The van der Waals surface area contributed by atoms with E-state index < -0.39 is 0 Å². The first-order valence-corrected chi connectivity index (χ1v) is 4.89. The van der Waals surface area contributed by atoms with Crippen molar-refractivity contribution in [3.8, 4) is 0 Å². The summed E-state index contributed by atoms with van der Waals surface area (Å²) in [7, 11) is 1.51. The molecule has 2 amide bonds. The van der Waals surface area contributed by atoms with Gasteiger partial charge in [0.25, 0.3) is 5.91 Å². The zero-order valence-electron chi connectivity index (χ0n) is 9.33. The fourth-order valence-corrected chi connectivity index (χ4v) is 1.23. The highest BCUT2D eigenvalue weighted by molar-refractivity contribution is 6.00. The van der Waals surface area contributed by atoms with Crippen LogP contribution >= 0.6 is 0 Å². The first kappa shape index (κ1) is 12.0. The van der Waals surface area contributed by atoms with Crippen molar-refractivity contribution in [3.05, 3.63) is 29.3 Å². The van der Waals surface area contributed by atoms with E-state index in [-0.39, 0.29) is 18.4 Å². The van der Waals surface area contributed by atoms with Gasteiger partial charge in [0.2, 0.25) is 5.91 Å². The lowest BCUT2D eigenvalue weighted by Gasteiger charge is -2.07. The van der Waals surface area contributed by atoms with E-state index in [1.807, 2.05) is 6.92 Å². The lowest BCUT2D eigenvalue weighted by atomic mass is 10.1. The van der Waals surface area contributed by atoms with E-state index in [2.05, 4.69) is 10.6 Å². The number of aryl methyl sites for hydroxylation is 1. The van der Waals surface area contributed by atoms with Crippen molar-refractivity contribution in [3.63, 3.8) is 0 Å². The predicted molar refractivity (Wildman–Crippen MR) is 62.0 cm³/mol. The third-order valence-electron chi connectivity index (χ3n) is 2.14. The quantitative estimate of drug-likeness (QED) is 0.631. The number of carbonyl (C=O) groups is 2. The van der Waals surface area contributed by atoms with Crippen LogP contribution in [0.25, 0.3) is 0 Å². The van der Waals surface area contributed by atoms with Crippen LogP contribution < -0.4 is 16.4 Å². The van der Waals surface area contributed by atoms with Gasteiger partial charge >= 0.3 is 0 Å². The SMILES string of the molecule is CNC(=O)CNC(=O)c1ccc(C)cc1N. The van der Waals surface area contributed by atoms with E-state index >= 15 is 0 Å². The molecule has 0 aliphatic carbocycles. The fourth-order valence-electron chi connectivity index (χ4n) is 1.23. The average Bonchev–Trinajstić information content (AvgIpc) is 2.25. The highest BCUT2D eigenvalue weighted by Gasteiger charge is 2.10. The molecule has 0 fully saturated rings. The molecule has 5 heteroatoms. The van der Waals surface area contributed by atoms with Gasteiger partial charge in [-0.15, -0.1) is 0 Å². The van der Waals surface area contributed by atoms with Crippen molar-refractivity contribution in [2.75, 3.05) is 19.3 Å². The molecule has 0 spiro atoms. The molecule has 0 aliphatic rings. The van der Waals surface area contributed by atoms with Crippen molar-refractivity contribution in [2.45, 2.75) is 6.92 Å². The normalized spacial score (nSPS) is 9.62. The monoisotopic (exact) mass is 221 g/mol. The number of carbonyl (C=O) groups excluding carboxylic acids is 2. The first-order chi connectivity index (χ1) is 7.54. The molecule has 0 atom stereocenters. The zero-order chi connectivity index (χ0) is 12.1. The molecule has 0 unspecified atom stereocenters. The number of nitrogen functional groups attached to an aromatic ring is 1. The summed E-state index contributed by atoms with van der Waals surface area (Å²) in [6.45, 7) is 1.84. The summed E-state index contributed by atoms with van der Waals surface area (Å²) in [5.41, 5.74) is 7.48. The van der Waals surface area contributed by atoms with Crippen molar-refractivity contribution >= 4 is 17.5 Å². The first-order valence-electron chi connectivity index (χ1n) is 4.89. The molecule has 0 heterocycles. The second kappa shape index (κ2) is 5.16. The molecule has 0 aliphatic heterocycles. The molecule has 0 saturated heterocycles. The largest absolute Gasteiger partial charge is 0.398 e. The number of hydrogen-bond acceptors (Lipinski definition) is 3. The molecule has 4 N–H and O–H groups in total. The van der Waals surface area contributed by atoms with Crippen molar-refractivity contribution in [1.29, 1.82) is 0 Å². The van der Waals surface area contributed by atoms with E-state index in [0.717, 1.165) is 5.56 Å². The number of likely N-dealkylation sites (N-methyl/N-ethyl adjacent to an activating group) is 1. The van der Waals surface area contributed by atoms with Crippen LogP contribution in [-0.4, -0.2) is 25.4 Å². The summed E-state index contributed by atoms with van der Waals surface area (Å²) in [5.74, 6) is -0.597. The van der Waals surface area contributed by atoms with E-state index in [9.17, 15) is 9.59 Å². The van der Waals surface area contributed by atoms with Crippen molar-refractivity contribution in [1.82, 2.24) is 10.6 Å². The molecule has 0 bridgehead atoms. The lowest BCUT2D eigenvalue weighted by Crippen LogP contribution is -2.35.